The van der Waals surface area contributed by atoms with Gasteiger partial charge >= 0.3 is 0 Å². The Kier molecular flexibility index (Phi) is 6.07. The van der Waals surface area contributed by atoms with Crippen LogP contribution in [0.1, 0.15) is 36.1 Å². The molecule has 0 spiro atoms. The van der Waals surface area contributed by atoms with E-state index in [9.17, 15) is 4.79 Å². The molecule has 3 unspecified atom stereocenters. The highest BCUT2D eigenvalue weighted by molar-refractivity contribution is 5.83. The molecular weight excluding hydrogens is 322 g/mol. The zero-order valence-electron chi connectivity index (χ0n) is 15.7. The third-order valence-corrected chi connectivity index (χ3v) is 5.35. The molecule has 0 aliphatic carbocycles. The molecule has 0 saturated carbocycles. The van der Waals surface area contributed by atoms with Crippen molar-refractivity contribution in [3.05, 3.63) is 71.3 Å². The highest BCUT2D eigenvalue weighted by Crippen LogP contribution is 2.22. The van der Waals surface area contributed by atoms with Crippen molar-refractivity contribution in [1.29, 1.82) is 0 Å². The summed E-state index contributed by atoms with van der Waals surface area (Å²) in [4.78, 5) is 15.0. The van der Waals surface area contributed by atoms with Crippen molar-refractivity contribution in [2.45, 2.75) is 38.9 Å². The summed E-state index contributed by atoms with van der Waals surface area (Å²) in [6.07, 6.45) is 1.11. The fourth-order valence-electron chi connectivity index (χ4n) is 3.61. The first-order chi connectivity index (χ1) is 12.5. The van der Waals surface area contributed by atoms with Crippen molar-refractivity contribution in [2.75, 3.05) is 13.1 Å². The molecule has 3 atom stereocenters. The average molecular weight is 351 g/mol. The summed E-state index contributed by atoms with van der Waals surface area (Å²) in [6.45, 7) is 7.18. The Balaban J connectivity index is 1.51. The van der Waals surface area contributed by atoms with E-state index in [1.54, 1.807) is 0 Å². The zero-order chi connectivity index (χ0) is 18.5. The van der Waals surface area contributed by atoms with Crippen LogP contribution in [0.15, 0.2) is 54.6 Å². The molecule has 1 heterocycles. The van der Waals surface area contributed by atoms with E-state index in [4.69, 9.17) is 5.73 Å². The Bertz CT molecular complexity index is 714. The Morgan fingerprint density at radius 3 is 2.58 bits per heavy atom. The van der Waals surface area contributed by atoms with Crippen molar-refractivity contribution < 1.29 is 4.79 Å². The number of carbonyl (C=O) groups is 1. The highest BCUT2D eigenvalue weighted by Gasteiger charge is 2.29. The average Bonchev–Trinajstić information content (AvgIpc) is 3.11. The van der Waals surface area contributed by atoms with Gasteiger partial charge in [-0.1, -0.05) is 60.2 Å². The summed E-state index contributed by atoms with van der Waals surface area (Å²) in [6, 6.07) is 17.9. The molecule has 3 rings (SSSR count). The summed E-state index contributed by atoms with van der Waals surface area (Å²) in [7, 11) is 0. The molecule has 3 N–H and O–H groups in total. The van der Waals surface area contributed by atoms with Gasteiger partial charge in [0.25, 0.3) is 0 Å². The molecule has 1 aliphatic rings. The van der Waals surface area contributed by atoms with Crippen LogP contribution in [0.4, 0.5) is 0 Å². The molecule has 1 amide bonds. The van der Waals surface area contributed by atoms with Gasteiger partial charge in [-0.15, -0.1) is 0 Å². The summed E-state index contributed by atoms with van der Waals surface area (Å²) < 4.78 is 0. The third-order valence-electron chi connectivity index (χ3n) is 5.35. The molecule has 138 valence electrons. The van der Waals surface area contributed by atoms with E-state index in [0.29, 0.717) is 5.92 Å². The first-order valence-electron chi connectivity index (χ1n) is 9.41. The maximum Gasteiger partial charge on any atom is 0.241 e. The minimum atomic E-state index is -0.611. The largest absolute Gasteiger partial charge is 0.352 e. The van der Waals surface area contributed by atoms with E-state index in [1.165, 1.54) is 11.1 Å². The Labute approximate surface area is 156 Å². The van der Waals surface area contributed by atoms with E-state index in [1.807, 2.05) is 37.3 Å². The lowest BCUT2D eigenvalue weighted by atomic mass is 9.99. The maximum absolute atomic E-state index is 12.5. The van der Waals surface area contributed by atoms with Crippen LogP contribution >= 0.6 is 0 Å². The second kappa shape index (κ2) is 8.47. The summed E-state index contributed by atoms with van der Waals surface area (Å²) in [5.41, 5.74) is 9.51. The van der Waals surface area contributed by atoms with E-state index in [2.05, 4.69) is 41.4 Å². The topological polar surface area (TPSA) is 58.4 Å². The fraction of sp³-hybridized carbons (Fsp3) is 0.409. The van der Waals surface area contributed by atoms with Crippen LogP contribution in [-0.2, 0) is 11.3 Å². The number of nitrogens with zero attached hydrogens (tertiary/aromatic N) is 1. The van der Waals surface area contributed by atoms with Crippen molar-refractivity contribution in [3.63, 3.8) is 0 Å². The van der Waals surface area contributed by atoms with Crippen LogP contribution < -0.4 is 11.1 Å². The van der Waals surface area contributed by atoms with Gasteiger partial charge in [0, 0.05) is 19.1 Å². The van der Waals surface area contributed by atoms with Crippen molar-refractivity contribution in [2.24, 2.45) is 11.7 Å². The predicted octanol–water partition coefficient (Wildman–Crippen LogP) is 3.02. The Morgan fingerprint density at radius 1 is 1.19 bits per heavy atom. The van der Waals surface area contributed by atoms with Crippen LogP contribution in [0.2, 0.25) is 0 Å². The number of hydrogen-bond acceptors (Lipinski definition) is 3. The number of nitrogens with one attached hydrogen (secondary N) is 1. The number of benzene rings is 2. The lowest BCUT2D eigenvalue weighted by Gasteiger charge is -2.23. The second-order valence-corrected chi connectivity index (χ2v) is 7.46. The minimum absolute atomic E-state index is 0.0946. The zero-order valence-corrected chi connectivity index (χ0v) is 15.7. The van der Waals surface area contributed by atoms with Gasteiger partial charge in [-0.05, 0) is 43.9 Å². The first-order valence-corrected chi connectivity index (χ1v) is 9.41. The Hall–Kier alpha value is -2.17. The molecule has 26 heavy (non-hydrogen) atoms. The van der Waals surface area contributed by atoms with E-state index in [-0.39, 0.29) is 11.9 Å². The number of aryl methyl sites for hydroxylation is 1. The van der Waals surface area contributed by atoms with Gasteiger partial charge in [0.05, 0.1) is 0 Å². The summed E-state index contributed by atoms with van der Waals surface area (Å²) >= 11 is 0. The molecule has 4 heteroatoms. The van der Waals surface area contributed by atoms with E-state index in [0.717, 1.165) is 31.6 Å². The standard InChI is InChI=1S/C22H29N3O/c1-16-8-10-19(11-9-16)21(23)22(26)24-17(2)20-12-13-25(15-20)14-18-6-4-3-5-7-18/h3-11,17,20-21H,12-15,23H2,1-2H3,(H,24,26). The van der Waals surface area contributed by atoms with Crippen LogP contribution in [0.3, 0.4) is 0 Å². The molecule has 0 bridgehead atoms. The smallest absolute Gasteiger partial charge is 0.241 e. The summed E-state index contributed by atoms with van der Waals surface area (Å²) in [5, 5.41) is 3.13. The monoisotopic (exact) mass is 351 g/mol. The van der Waals surface area contributed by atoms with Gasteiger partial charge in [-0.3, -0.25) is 9.69 Å². The highest BCUT2D eigenvalue weighted by atomic mass is 16.2. The molecule has 1 fully saturated rings. The van der Waals surface area contributed by atoms with Crippen molar-refractivity contribution in [1.82, 2.24) is 10.2 Å². The van der Waals surface area contributed by atoms with Crippen LogP contribution in [0.25, 0.3) is 0 Å². The van der Waals surface area contributed by atoms with E-state index >= 15 is 0 Å². The number of nitrogens with two attached hydrogens (primary N) is 1. The number of carbonyl (C=O) groups excluding carboxylic acids is 1. The van der Waals surface area contributed by atoms with E-state index < -0.39 is 6.04 Å². The van der Waals surface area contributed by atoms with Crippen molar-refractivity contribution in [3.8, 4) is 0 Å². The second-order valence-electron chi connectivity index (χ2n) is 7.46. The van der Waals surface area contributed by atoms with Crippen LogP contribution in [0.5, 0.6) is 0 Å². The van der Waals surface area contributed by atoms with Gasteiger partial charge in [-0.25, -0.2) is 0 Å². The molecule has 0 aromatic heterocycles. The molecule has 1 aliphatic heterocycles. The SMILES string of the molecule is Cc1ccc(C(N)C(=O)NC(C)C2CCN(Cc3ccccc3)C2)cc1. The predicted molar refractivity (Wildman–Crippen MR) is 106 cm³/mol. The van der Waals surface area contributed by atoms with Gasteiger partial charge < -0.3 is 11.1 Å². The summed E-state index contributed by atoms with van der Waals surface area (Å²) in [5.74, 6) is 0.371. The molecular formula is C22H29N3O. The van der Waals surface area contributed by atoms with Gasteiger partial charge in [0.2, 0.25) is 5.91 Å². The maximum atomic E-state index is 12.5. The van der Waals surface area contributed by atoms with Gasteiger partial charge in [-0.2, -0.15) is 0 Å². The lowest BCUT2D eigenvalue weighted by molar-refractivity contribution is -0.123. The van der Waals surface area contributed by atoms with Crippen LogP contribution in [0, 0.1) is 12.8 Å². The third kappa shape index (κ3) is 4.71. The van der Waals surface area contributed by atoms with Gasteiger partial charge in [0.1, 0.15) is 6.04 Å². The van der Waals surface area contributed by atoms with Crippen LogP contribution in [-0.4, -0.2) is 29.9 Å². The first kappa shape index (κ1) is 18.6. The van der Waals surface area contributed by atoms with Gasteiger partial charge in [0.15, 0.2) is 0 Å². The number of amides is 1. The number of likely N-dealkylation sites (tertiary alicyclic amines) is 1. The van der Waals surface area contributed by atoms with Crippen molar-refractivity contribution >= 4 is 5.91 Å². The molecule has 4 nitrogen and oxygen atoms in total. The Morgan fingerprint density at radius 2 is 1.88 bits per heavy atom. The lowest BCUT2D eigenvalue weighted by Crippen LogP contribution is -2.43. The number of hydrogen-bond donors (Lipinski definition) is 2. The molecule has 2 aromatic carbocycles. The molecule has 1 saturated heterocycles. The number of rotatable bonds is 6. The fourth-order valence-corrected chi connectivity index (χ4v) is 3.61. The molecule has 2 aromatic rings. The normalized spacial score (nSPS) is 19.9. The quantitative estimate of drug-likeness (QED) is 0.841. The molecule has 0 radical (unpaired) electrons. The minimum Gasteiger partial charge on any atom is -0.352 e.